The highest BCUT2D eigenvalue weighted by Gasteiger charge is 2.30. The molecule has 0 spiro atoms. The Bertz CT molecular complexity index is 1730. The van der Waals surface area contributed by atoms with Gasteiger partial charge in [-0.1, -0.05) is 280 Å². The lowest BCUT2D eigenvalue weighted by molar-refractivity contribution is -0.161. The van der Waals surface area contributed by atoms with Gasteiger partial charge < -0.3 is 33.8 Å². The number of hydrogen-bond acceptors (Lipinski definition) is 15. The molecule has 516 valence electrons. The van der Waals surface area contributed by atoms with Crippen LogP contribution >= 0.6 is 15.6 Å². The Balaban J connectivity index is 5.18. The van der Waals surface area contributed by atoms with Gasteiger partial charge in [0.2, 0.25) is 0 Å². The highest BCUT2D eigenvalue weighted by molar-refractivity contribution is 7.47. The quantitative estimate of drug-likeness (QED) is 0.0222. The Kier molecular flexibility index (Phi) is 56.6. The van der Waals surface area contributed by atoms with Crippen molar-refractivity contribution in [3.05, 3.63) is 0 Å². The largest absolute Gasteiger partial charge is 0.472 e. The van der Waals surface area contributed by atoms with Crippen LogP contribution in [0.3, 0.4) is 0 Å². The lowest BCUT2D eigenvalue weighted by Crippen LogP contribution is -2.30. The van der Waals surface area contributed by atoms with Gasteiger partial charge in [0.1, 0.15) is 19.3 Å². The minimum Gasteiger partial charge on any atom is -0.462 e. The maximum absolute atomic E-state index is 13.0. The predicted octanol–water partition coefficient (Wildman–Crippen LogP) is 18.9. The molecule has 0 aromatic carbocycles. The number of ether oxygens (including phenoxy) is 4. The van der Waals surface area contributed by atoms with Crippen molar-refractivity contribution in [2.75, 3.05) is 39.6 Å². The lowest BCUT2D eigenvalue weighted by Gasteiger charge is -2.21. The second-order valence-electron chi connectivity index (χ2n) is 26.0. The zero-order chi connectivity index (χ0) is 64.7. The average Bonchev–Trinajstić information content (AvgIpc) is 3.55. The number of phosphoric acid groups is 2. The second kappa shape index (κ2) is 57.9. The van der Waals surface area contributed by atoms with E-state index in [0.717, 1.165) is 108 Å². The molecule has 0 saturated carbocycles. The number of aliphatic hydroxyl groups excluding tert-OH is 1. The van der Waals surface area contributed by atoms with Crippen molar-refractivity contribution in [3.8, 4) is 0 Å². The van der Waals surface area contributed by atoms with E-state index in [0.29, 0.717) is 37.5 Å². The number of carbonyl (C=O) groups is 4. The molecule has 3 N–H and O–H groups in total. The van der Waals surface area contributed by atoms with Gasteiger partial charge in [-0.2, -0.15) is 0 Å². The second-order valence-corrected chi connectivity index (χ2v) is 28.9. The van der Waals surface area contributed by atoms with E-state index >= 15 is 0 Å². The van der Waals surface area contributed by atoms with Crippen molar-refractivity contribution in [1.29, 1.82) is 0 Å². The van der Waals surface area contributed by atoms with E-state index in [-0.39, 0.29) is 25.7 Å². The van der Waals surface area contributed by atoms with Crippen LogP contribution in [-0.2, 0) is 65.4 Å². The molecule has 0 aliphatic carbocycles. The first-order chi connectivity index (χ1) is 41.7. The molecule has 5 unspecified atom stereocenters. The van der Waals surface area contributed by atoms with Gasteiger partial charge in [0.25, 0.3) is 0 Å². The topological polar surface area (TPSA) is 237 Å². The fraction of sp³-hybridized carbons (Fsp3) is 0.941. The van der Waals surface area contributed by atoms with E-state index < -0.39 is 97.5 Å². The summed E-state index contributed by atoms with van der Waals surface area (Å²) < 4.78 is 68.1. The van der Waals surface area contributed by atoms with Gasteiger partial charge in [-0.05, 0) is 49.4 Å². The summed E-state index contributed by atoms with van der Waals surface area (Å²) in [6.45, 7) is 14.0. The lowest BCUT2D eigenvalue weighted by atomic mass is 9.99. The van der Waals surface area contributed by atoms with Crippen LogP contribution < -0.4 is 0 Å². The van der Waals surface area contributed by atoms with Gasteiger partial charge in [0.05, 0.1) is 26.4 Å². The van der Waals surface area contributed by atoms with Crippen LogP contribution in [0.15, 0.2) is 0 Å². The third-order valence-electron chi connectivity index (χ3n) is 16.3. The fourth-order valence-corrected chi connectivity index (χ4v) is 11.7. The molecule has 7 atom stereocenters. The summed E-state index contributed by atoms with van der Waals surface area (Å²) in [5.41, 5.74) is 0. The van der Waals surface area contributed by atoms with Crippen molar-refractivity contribution in [3.63, 3.8) is 0 Å². The number of aliphatic hydroxyl groups is 1. The molecule has 0 saturated heterocycles. The minimum absolute atomic E-state index is 0.101. The number of esters is 4. The molecule has 19 heteroatoms. The zero-order valence-electron chi connectivity index (χ0n) is 56.6. The first-order valence-corrected chi connectivity index (χ1v) is 38.3. The molecule has 0 amide bonds. The van der Waals surface area contributed by atoms with Gasteiger partial charge in [-0.25, -0.2) is 9.13 Å². The van der Waals surface area contributed by atoms with E-state index in [9.17, 15) is 43.2 Å². The summed E-state index contributed by atoms with van der Waals surface area (Å²) in [6, 6.07) is 0. The Labute approximate surface area is 530 Å². The van der Waals surface area contributed by atoms with E-state index in [1.165, 1.54) is 128 Å². The fourth-order valence-electron chi connectivity index (χ4n) is 10.1. The monoisotopic (exact) mass is 1280 g/mol. The molecule has 0 heterocycles. The normalized spacial score (nSPS) is 15.0. The number of phosphoric ester groups is 2. The zero-order valence-corrected chi connectivity index (χ0v) is 58.4. The van der Waals surface area contributed by atoms with Gasteiger partial charge in [0, 0.05) is 25.7 Å². The smallest absolute Gasteiger partial charge is 0.462 e. The van der Waals surface area contributed by atoms with E-state index in [1.807, 2.05) is 0 Å². The van der Waals surface area contributed by atoms with Crippen LogP contribution in [0.1, 0.15) is 331 Å². The SMILES string of the molecule is CCC(C)CCCCCCCCCCCCCCCCC(=O)OC[C@H](COP(=O)(O)OCC(O)COP(=O)(O)OC[C@@H](COC(=O)CCCCCCCCCC(C)C)OC(=O)CCCCCCCCC(C)C)OC(=O)CCCCCCCCC(C)CC. The summed E-state index contributed by atoms with van der Waals surface area (Å²) >= 11 is 0. The molecule has 0 aromatic rings. The summed E-state index contributed by atoms with van der Waals surface area (Å²) in [5.74, 6) is 0.804. The molecule has 0 fully saturated rings. The molecule has 0 aliphatic rings. The van der Waals surface area contributed by atoms with Crippen molar-refractivity contribution < 1.29 is 80.2 Å². The predicted molar refractivity (Wildman–Crippen MR) is 349 cm³/mol. The summed E-state index contributed by atoms with van der Waals surface area (Å²) in [5, 5.41) is 10.6. The highest BCUT2D eigenvalue weighted by Crippen LogP contribution is 2.45. The van der Waals surface area contributed by atoms with Gasteiger partial charge >= 0.3 is 39.5 Å². The molecular formula is C68H132O17P2. The Morgan fingerprint density at radius 2 is 0.552 bits per heavy atom. The van der Waals surface area contributed by atoms with Crippen LogP contribution in [0.4, 0.5) is 0 Å². The van der Waals surface area contributed by atoms with Crippen LogP contribution in [0.25, 0.3) is 0 Å². The van der Waals surface area contributed by atoms with Gasteiger partial charge in [0.15, 0.2) is 12.2 Å². The third-order valence-corrected chi connectivity index (χ3v) is 18.2. The van der Waals surface area contributed by atoms with Crippen LogP contribution in [0.5, 0.6) is 0 Å². The van der Waals surface area contributed by atoms with Crippen LogP contribution in [0, 0.1) is 23.7 Å². The first-order valence-electron chi connectivity index (χ1n) is 35.3. The van der Waals surface area contributed by atoms with Crippen molar-refractivity contribution >= 4 is 39.5 Å². The number of rotatable bonds is 65. The van der Waals surface area contributed by atoms with E-state index in [2.05, 4.69) is 55.4 Å². The summed E-state index contributed by atoms with van der Waals surface area (Å²) in [7, 11) is -9.89. The maximum Gasteiger partial charge on any atom is 0.472 e. The van der Waals surface area contributed by atoms with Crippen molar-refractivity contribution in [2.45, 2.75) is 350 Å². The molecule has 0 aromatic heterocycles. The Hall–Kier alpha value is -1.94. The van der Waals surface area contributed by atoms with Crippen LogP contribution in [-0.4, -0.2) is 96.7 Å². The maximum atomic E-state index is 13.0. The molecule has 0 rings (SSSR count). The Morgan fingerprint density at radius 3 is 0.816 bits per heavy atom. The average molecular weight is 1280 g/mol. The number of unbranched alkanes of at least 4 members (excludes halogenated alkanes) is 29. The highest BCUT2D eigenvalue weighted by atomic mass is 31.2. The standard InChI is InChI=1S/C68H132O17P2/c1-9-60(7)46-38-30-21-17-15-13-11-12-14-16-18-22-32-40-48-65(70)78-54-64(85-68(73)51-43-35-27-25-31-39-47-61(8)10-2)57-83-87(76,77)81-53-62(69)52-80-86(74,75)82-56-63(84-67(72)50-42-34-26-24-29-37-45-59(5)6)55-79-66(71)49-41-33-23-19-20-28-36-44-58(3)4/h58-64,69H,9-57H2,1-8H3,(H,74,75)(H,76,77)/t60?,61?,62?,63-,64-/m1/s1. The number of carbonyl (C=O) groups excluding carboxylic acids is 4. The van der Waals surface area contributed by atoms with E-state index in [1.54, 1.807) is 0 Å². The van der Waals surface area contributed by atoms with Crippen molar-refractivity contribution in [1.82, 2.24) is 0 Å². The minimum atomic E-state index is -4.95. The van der Waals surface area contributed by atoms with Gasteiger partial charge in [-0.3, -0.25) is 37.3 Å². The molecular weight excluding hydrogens is 1150 g/mol. The molecule has 0 radical (unpaired) electrons. The molecule has 0 aliphatic heterocycles. The Morgan fingerprint density at radius 1 is 0.322 bits per heavy atom. The van der Waals surface area contributed by atoms with Gasteiger partial charge in [-0.15, -0.1) is 0 Å². The van der Waals surface area contributed by atoms with E-state index in [4.69, 9.17) is 37.0 Å². The van der Waals surface area contributed by atoms with Crippen molar-refractivity contribution in [2.24, 2.45) is 23.7 Å². The van der Waals surface area contributed by atoms with Crippen LogP contribution in [0.2, 0.25) is 0 Å². The molecule has 17 nitrogen and oxygen atoms in total. The first kappa shape index (κ1) is 85.1. The number of hydrogen-bond donors (Lipinski definition) is 3. The molecule has 87 heavy (non-hydrogen) atoms. The summed E-state index contributed by atoms with van der Waals surface area (Å²) in [6.07, 6.45) is 39.3. The summed E-state index contributed by atoms with van der Waals surface area (Å²) in [4.78, 5) is 72.3. The molecule has 0 bridgehead atoms. The third kappa shape index (κ3) is 60.1.